The van der Waals surface area contributed by atoms with Crippen molar-refractivity contribution in [1.82, 2.24) is 9.78 Å². The van der Waals surface area contributed by atoms with Crippen LogP contribution in [0.1, 0.15) is 17.4 Å². The summed E-state index contributed by atoms with van der Waals surface area (Å²) >= 11 is 5.94. The van der Waals surface area contributed by atoms with E-state index in [-0.39, 0.29) is 12.2 Å². The molecule has 1 atom stereocenters. The van der Waals surface area contributed by atoms with Gasteiger partial charge in [-0.05, 0) is 29.8 Å². The summed E-state index contributed by atoms with van der Waals surface area (Å²) in [7, 11) is 1.74. The number of halogens is 2. The van der Waals surface area contributed by atoms with Crippen molar-refractivity contribution >= 4 is 11.6 Å². The molecule has 0 bridgehead atoms. The van der Waals surface area contributed by atoms with Gasteiger partial charge < -0.3 is 5.11 Å². The number of aryl methyl sites for hydroxylation is 1. The molecular weight excluding hydrogens is 243 g/mol. The van der Waals surface area contributed by atoms with Crippen LogP contribution < -0.4 is 0 Å². The fourth-order valence-electron chi connectivity index (χ4n) is 1.72. The highest BCUT2D eigenvalue weighted by Crippen LogP contribution is 2.23. The SMILES string of the molecule is Cn1nccc1C(O)Cc1cc(F)ccc1Cl. The Hall–Kier alpha value is -1.39. The molecule has 3 nitrogen and oxygen atoms in total. The fourth-order valence-corrected chi connectivity index (χ4v) is 1.92. The van der Waals surface area contributed by atoms with Crippen LogP contribution in [0.2, 0.25) is 5.02 Å². The number of benzene rings is 1. The van der Waals surface area contributed by atoms with E-state index >= 15 is 0 Å². The van der Waals surface area contributed by atoms with Gasteiger partial charge in [0.25, 0.3) is 0 Å². The minimum absolute atomic E-state index is 0.260. The molecule has 0 saturated carbocycles. The Balaban J connectivity index is 2.21. The molecule has 0 aliphatic rings. The van der Waals surface area contributed by atoms with E-state index in [1.165, 1.54) is 18.2 Å². The van der Waals surface area contributed by atoms with Gasteiger partial charge in [0.05, 0.1) is 11.8 Å². The number of hydrogen-bond donors (Lipinski definition) is 1. The number of nitrogens with zero attached hydrogens (tertiary/aromatic N) is 2. The second kappa shape index (κ2) is 4.85. The molecule has 0 aliphatic carbocycles. The van der Waals surface area contributed by atoms with E-state index in [1.54, 1.807) is 24.0 Å². The quantitative estimate of drug-likeness (QED) is 0.914. The number of aromatic nitrogens is 2. The fraction of sp³-hybridized carbons (Fsp3) is 0.250. The summed E-state index contributed by atoms with van der Waals surface area (Å²) < 4.78 is 14.6. The molecule has 5 heteroatoms. The Bertz CT molecular complexity index is 527. The maximum atomic E-state index is 13.1. The lowest BCUT2D eigenvalue weighted by atomic mass is 10.1. The van der Waals surface area contributed by atoms with Crippen LogP contribution in [0, 0.1) is 5.82 Å². The van der Waals surface area contributed by atoms with E-state index in [0.717, 1.165) is 0 Å². The predicted molar refractivity (Wildman–Crippen MR) is 63.3 cm³/mol. The first-order valence-corrected chi connectivity index (χ1v) is 5.55. The summed E-state index contributed by atoms with van der Waals surface area (Å²) in [5, 5.41) is 14.4. The molecule has 1 unspecified atom stereocenters. The number of aliphatic hydroxyl groups excluding tert-OH is 1. The molecule has 0 radical (unpaired) electrons. The van der Waals surface area contributed by atoms with Crippen LogP contribution in [0.3, 0.4) is 0 Å². The third kappa shape index (κ3) is 2.65. The highest BCUT2D eigenvalue weighted by atomic mass is 35.5. The van der Waals surface area contributed by atoms with Crippen LogP contribution in [0.15, 0.2) is 30.5 Å². The lowest BCUT2D eigenvalue weighted by molar-refractivity contribution is 0.168. The van der Waals surface area contributed by atoms with E-state index in [9.17, 15) is 9.50 Å². The summed E-state index contributed by atoms with van der Waals surface area (Å²) in [5.74, 6) is -0.360. The monoisotopic (exact) mass is 254 g/mol. The van der Waals surface area contributed by atoms with E-state index in [4.69, 9.17) is 11.6 Å². The van der Waals surface area contributed by atoms with Crippen LogP contribution in [0.25, 0.3) is 0 Å². The van der Waals surface area contributed by atoms with Crippen molar-refractivity contribution in [2.24, 2.45) is 7.05 Å². The predicted octanol–water partition coefficient (Wildman–Crippen LogP) is 2.49. The first-order chi connectivity index (χ1) is 8.08. The zero-order chi connectivity index (χ0) is 12.4. The Morgan fingerprint density at radius 3 is 2.88 bits per heavy atom. The summed E-state index contributed by atoms with van der Waals surface area (Å²) in [6.07, 6.45) is 1.11. The second-order valence-electron chi connectivity index (χ2n) is 3.84. The van der Waals surface area contributed by atoms with Crippen molar-refractivity contribution in [2.45, 2.75) is 12.5 Å². The van der Waals surface area contributed by atoms with Gasteiger partial charge in [0.15, 0.2) is 0 Å². The van der Waals surface area contributed by atoms with Crippen molar-refractivity contribution < 1.29 is 9.50 Å². The zero-order valence-electron chi connectivity index (χ0n) is 9.27. The van der Waals surface area contributed by atoms with Crippen molar-refractivity contribution in [3.8, 4) is 0 Å². The van der Waals surface area contributed by atoms with Crippen LogP contribution in [-0.2, 0) is 13.5 Å². The summed E-state index contributed by atoms with van der Waals surface area (Å²) in [5.41, 5.74) is 1.26. The number of hydrogen-bond acceptors (Lipinski definition) is 2. The van der Waals surface area contributed by atoms with Crippen LogP contribution in [-0.4, -0.2) is 14.9 Å². The Kier molecular flexibility index (Phi) is 3.45. The van der Waals surface area contributed by atoms with Gasteiger partial charge in [0.2, 0.25) is 0 Å². The van der Waals surface area contributed by atoms with E-state index in [0.29, 0.717) is 16.3 Å². The van der Waals surface area contributed by atoms with E-state index < -0.39 is 6.10 Å². The molecule has 1 N–H and O–H groups in total. The molecule has 1 aromatic heterocycles. The van der Waals surface area contributed by atoms with Gasteiger partial charge in [-0.1, -0.05) is 11.6 Å². The average molecular weight is 255 g/mol. The molecule has 1 heterocycles. The molecule has 2 rings (SSSR count). The maximum absolute atomic E-state index is 13.1. The Labute approximate surface area is 103 Å². The average Bonchev–Trinajstić information content (AvgIpc) is 2.70. The van der Waals surface area contributed by atoms with Gasteiger partial charge in [-0.2, -0.15) is 5.10 Å². The van der Waals surface area contributed by atoms with Gasteiger partial charge in [-0.3, -0.25) is 4.68 Å². The number of rotatable bonds is 3. The normalized spacial score (nSPS) is 12.7. The topological polar surface area (TPSA) is 38.0 Å². The highest BCUT2D eigenvalue weighted by Gasteiger charge is 2.14. The van der Waals surface area contributed by atoms with Crippen molar-refractivity contribution in [3.05, 3.63) is 52.6 Å². The second-order valence-corrected chi connectivity index (χ2v) is 4.24. The molecule has 0 amide bonds. The minimum Gasteiger partial charge on any atom is -0.386 e. The molecule has 0 aliphatic heterocycles. The molecule has 0 spiro atoms. The largest absolute Gasteiger partial charge is 0.386 e. The van der Waals surface area contributed by atoms with Crippen LogP contribution in [0.5, 0.6) is 0 Å². The summed E-state index contributed by atoms with van der Waals surface area (Å²) in [6, 6.07) is 5.84. The lowest BCUT2D eigenvalue weighted by Gasteiger charge is -2.12. The van der Waals surface area contributed by atoms with Gasteiger partial charge in [0.1, 0.15) is 5.82 Å². The van der Waals surface area contributed by atoms with Crippen molar-refractivity contribution in [3.63, 3.8) is 0 Å². The van der Waals surface area contributed by atoms with Crippen LogP contribution >= 0.6 is 11.6 Å². The molecule has 0 fully saturated rings. The molecule has 0 saturated heterocycles. The maximum Gasteiger partial charge on any atom is 0.123 e. The highest BCUT2D eigenvalue weighted by molar-refractivity contribution is 6.31. The van der Waals surface area contributed by atoms with Crippen molar-refractivity contribution in [1.29, 1.82) is 0 Å². The smallest absolute Gasteiger partial charge is 0.123 e. The third-order valence-electron chi connectivity index (χ3n) is 2.62. The van der Waals surface area contributed by atoms with Gasteiger partial charge in [-0.15, -0.1) is 0 Å². The Morgan fingerprint density at radius 2 is 2.24 bits per heavy atom. The Morgan fingerprint density at radius 1 is 1.47 bits per heavy atom. The molecule has 17 heavy (non-hydrogen) atoms. The minimum atomic E-state index is -0.748. The summed E-state index contributed by atoms with van der Waals surface area (Å²) in [4.78, 5) is 0. The van der Waals surface area contributed by atoms with Gasteiger partial charge >= 0.3 is 0 Å². The molecule has 1 aromatic carbocycles. The molecular formula is C12H12ClFN2O. The van der Waals surface area contributed by atoms with Crippen molar-refractivity contribution in [2.75, 3.05) is 0 Å². The van der Waals surface area contributed by atoms with Gasteiger partial charge in [0, 0.05) is 24.7 Å². The van der Waals surface area contributed by atoms with E-state index in [1.807, 2.05) is 0 Å². The number of aliphatic hydroxyl groups is 1. The lowest BCUT2D eigenvalue weighted by Crippen LogP contribution is -2.08. The first-order valence-electron chi connectivity index (χ1n) is 5.18. The standard InChI is InChI=1S/C12H12ClFN2O/c1-16-11(4-5-15-16)12(17)7-8-6-9(14)2-3-10(8)13/h2-6,12,17H,7H2,1H3. The molecule has 2 aromatic rings. The summed E-state index contributed by atoms with van der Waals surface area (Å²) in [6.45, 7) is 0. The van der Waals surface area contributed by atoms with Gasteiger partial charge in [-0.25, -0.2) is 4.39 Å². The first kappa shape index (κ1) is 12.1. The zero-order valence-corrected chi connectivity index (χ0v) is 10.0. The third-order valence-corrected chi connectivity index (χ3v) is 2.99. The van der Waals surface area contributed by atoms with E-state index in [2.05, 4.69) is 5.10 Å². The van der Waals surface area contributed by atoms with Crippen LogP contribution in [0.4, 0.5) is 4.39 Å². The molecule has 90 valence electrons.